The summed E-state index contributed by atoms with van der Waals surface area (Å²) in [4.78, 5) is 0. The molecular weight excluding hydrogens is 440 g/mol. The number of nitriles is 1. The van der Waals surface area contributed by atoms with Crippen LogP contribution in [0.3, 0.4) is 0 Å². The van der Waals surface area contributed by atoms with Crippen molar-refractivity contribution in [3.8, 4) is 23.4 Å². The SMILES string of the molecule is CCCc1[nH]nc2c1[C@H](c1ccc(OCc3ccc(Cl)cc3)c(OCC)c1)C(C#N)=C(N)O2. The molecule has 1 aliphatic heterocycles. The molecule has 0 saturated carbocycles. The molecule has 0 fully saturated rings. The van der Waals surface area contributed by atoms with E-state index in [9.17, 15) is 5.26 Å². The van der Waals surface area contributed by atoms with E-state index >= 15 is 0 Å². The number of hydrogen-bond acceptors (Lipinski definition) is 6. The number of aryl methyl sites for hydroxylation is 1. The molecule has 0 radical (unpaired) electrons. The minimum absolute atomic E-state index is 0.0607. The van der Waals surface area contributed by atoms with Gasteiger partial charge in [0.25, 0.3) is 0 Å². The summed E-state index contributed by atoms with van der Waals surface area (Å²) in [6.07, 6.45) is 1.70. The Morgan fingerprint density at radius 3 is 2.64 bits per heavy atom. The molecule has 4 rings (SSSR count). The van der Waals surface area contributed by atoms with Crippen LogP contribution < -0.4 is 19.9 Å². The second-order valence-electron chi connectivity index (χ2n) is 7.65. The molecular formula is C25H25ClN4O3. The fourth-order valence-electron chi connectivity index (χ4n) is 3.92. The molecule has 0 saturated heterocycles. The van der Waals surface area contributed by atoms with Crippen molar-refractivity contribution in [3.05, 3.63) is 81.3 Å². The molecule has 0 aliphatic carbocycles. The van der Waals surface area contributed by atoms with Crippen molar-refractivity contribution in [2.75, 3.05) is 6.61 Å². The van der Waals surface area contributed by atoms with Gasteiger partial charge in [-0.15, -0.1) is 5.10 Å². The van der Waals surface area contributed by atoms with Gasteiger partial charge in [0.05, 0.1) is 12.5 Å². The highest BCUT2D eigenvalue weighted by molar-refractivity contribution is 6.30. The molecule has 170 valence electrons. The Labute approximate surface area is 197 Å². The zero-order valence-corrected chi connectivity index (χ0v) is 19.3. The molecule has 0 bridgehead atoms. The first-order valence-corrected chi connectivity index (χ1v) is 11.2. The van der Waals surface area contributed by atoms with Crippen molar-refractivity contribution in [2.45, 2.75) is 39.2 Å². The van der Waals surface area contributed by atoms with Crippen LogP contribution in [0.15, 0.2) is 53.9 Å². The maximum atomic E-state index is 9.87. The van der Waals surface area contributed by atoms with Gasteiger partial charge >= 0.3 is 0 Å². The molecule has 8 heteroatoms. The lowest BCUT2D eigenvalue weighted by Gasteiger charge is -2.25. The maximum Gasteiger partial charge on any atom is 0.244 e. The van der Waals surface area contributed by atoms with Crippen LogP contribution >= 0.6 is 11.6 Å². The van der Waals surface area contributed by atoms with E-state index in [1.807, 2.05) is 49.4 Å². The summed E-state index contributed by atoms with van der Waals surface area (Å²) in [7, 11) is 0. The van der Waals surface area contributed by atoms with E-state index in [1.165, 1.54) is 0 Å². The van der Waals surface area contributed by atoms with Crippen LogP contribution in [0.25, 0.3) is 0 Å². The molecule has 3 aromatic rings. The lowest BCUT2D eigenvalue weighted by atomic mass is 9.83. The first-order chi connectivity index (χ1) is 16.0. The Kier molecular flexibility index (Phi) is 6.76. The highest BCUT2D eigenvalue weighted by atomic mass is 35.5. The normalized spacial score (nSPS) is 14.9. The van der Waals surface area contributed by atoms with Crippen LogP contribution in [0.5, 0.6) is 17.4 Å². The Balaban J connectivity index is 1.71. The molecule has 7 nitrogen and oxygen atoms in total. The lowest BCUT2D eigenvalue weighted by Crippen LogP contribution is -2.21. The zero-order chi connectivity index (χ0) is 23.4. The quantitative estimate of drug-likeness (QED) is 0.473. The van der Waals surface area contributed by atoms with Crippen molar-refractivity contribution < 1.29 is 14.2 Å². The number of allylic oxidation sites excluding steroid dienone is 1. The minimum Gasteiger partial charge on any atom is -0.490 e. The fraction of sp³-hybridized carbons (Fsp3) is 0.280. The third-order valence-corrected chi connectivity index (χ3v) is 5.68. The number of benzene rings is 2. The van der Waals surface area contributed by atoms with Gasteiger partial charge in [0.15, 0.2) is 11.5 Å². The number of rotatable bonds is 8. The third-order valence-electron chi connectivity index (χ3n) is 5.43. The van der Waals surface area contributed by atoms with Gasteiger partial charge in [-0.25, -0.2) is 0 Å². The molecule has 2 aromatic carbocycles. The molecule has 3 N–H and O–H groups in total. The molecule has 0 spiro atoms. The van der Waals surface area contributed by atoms with Gasteiger partial charge < -0.3 is 19.9 Å². The lowest BCUT2D eigenvalue weighted by molar-refractivity contribution is 0.269. The summed E-state index contributed by atoms with van der Waals surface area (Å²) in [5.41, 5.74) is 10.0. The van der Waals surface area contributed by atoms with E-state index < -0.39 is 5.92 Å². The van der Waals surface area contributed by atoms with Crippen LogP contribution in [0.1, 0.15) is 48.6 Å². The zero-order valence-electron chi connectivity index (χ0n) is 18.5. The Morgan fingerprint density at radius 2 is 1.94 bits per heavy atom. The standard InChI is InChI=1S/C25H25ClN4O3/c1-3-5-19-23-22(18(13-27)24(28)33-25(23)30-29-19)16-8-11-20(21(12-16)31-4-2)32-14-15-6-9-17(26)10-7-15/h6-12,22H,3-5,14,28H2,1-2H3,(H,29,30)/t22-/m1/s1. The van der Waals surface area contributed by atoms with Crippen molar-refractivity contribution >= 4 is 11.6 Å². The fourth-order valence-corrected chi connectivity index (χ4v) is 4.04. The van der Waals surface area contributed by atoms with E-state index in [2.05, 4.69) is 23.2 Å². The summed E-state index contributed by atoms with van der Waals surface area (Å²) >= 11 is 5.97. The highest BCUT2D eigenvalue weighted by Crippen LogP contribution is 2.45. The largest absolute Gasteiger partial charge is 0.490 e. The van der Waals surface area contributed by atoms with Crippen LogP contribution in [0, 0.1) is 11.3 Å². The van der Waals surface area contributed by atoms with Crippen LogP contribution in [-0.4, -0.2) is 16.8 Å². The summed E-state index contributed by atoms with van der Waals surface area (Å²) < 4.78 is 17.6. The van der Waals surface area contributed by atoms with Gasteiger partial charge in [0.2, 0.25) is 11.8 Å². The number of aromatic nitrogens is 2. The number of nitrogens with zero attached hydrogens (tertiary/aromatic N) is 2. The van der Waals surface area contributed by atoms with Crippen molar-refractivity contribution in [1.82, 2.24) is 10.2 Å². The smallest absolute Gasteiger partial charge is 0.244 e. The van der Waals surface area contributed by atoms with E-state index in [0.717, 1.165) is 35.2 Å². The van der Waals surface area contributed by atoms with Crippen LogP contribution in [0.4, 0.5) is 0 Å². The topological polar surface area (TPSA) is 106 Å². The van der Waals surface area contributed by atoms with Gasteiger partial charge in [-0.05, 0) is 48.7 Å². The van der Waals surface area contributed by atoms with Gasteiger partial charge in [0, 0.05) is 16.3 Å². The van der Waals surface area contributed by atoms with Crippen molar-refractivity contribution in [1.29, 1.82) is 5.26 Å². The van der Waals surface area contributed by atoms with Crippen molar-refractivity contribution in [2.24, 2.45) is 5.73 Å². The number of hydrogen-bond donors (Lipinski definition) is 2. The van der Waals surface area contributed by atoms with E-state index in [-0.39, 0.29) is 5.88 Å². The highest BCUT2D eigenvalue weighted by Gasteiger charge is 2.35. The Morgan fingerprint density at radius 1 is 1.15 bits per heavy atom. The second kappa shape index (κ2) is 9.88. The molecule has 1 atom stereocenters. The predicted molar refractivity (Wildman–Crippen MR) is 125 cm³/mol. The number of H-pyrrole nitrogens is 1. The molecule has 0 amide bonds. The number of ether oxygens (including phenoxy) is 3. The van der Waals surface area contributed by atoms with Gasteiger partial charge in [-0.1, -0.05) is 43.1 Å². The molecule has 1 aliphatic rings. The van der Waals surface area contributed by atoms with E-state index in [0.29, 0.717) is 41.2 Å². The van der Waals surface area contributed by atoms with E-state index in [1.54, 1.807) is 0 Å². The third kappa shape index (κ3) is 4.62. The van der Waals surface area contributed by atoms with Gasteiger partial charge in [0.1, 0.15) is 18.2 Å². The Bertz CT molecular complexity index is 1210. The number of nitrogens with two attached hydrogens (primary N) is 1. The molecule has 33 heavy (non-hydrogen) atoms. The monoisotopic (exact) mass is 464 g/mol. The Hall–Kier alpha value is -3.63. The van der Waals surface area contributed by atoms with Gasteiger partial charge in [-0.3, -0.25) is 5.10 Å². The summed E-state index contributed by atoms with van der Waals surface area (Å²) in [5, 5.41) is 17.9. The number of aromatic amines is 1. The average Bonchev–Trinajstić information content (AvgIpc) is 3.20. The number of nitrogens with one attached hydrogen (secondary N) is 1. The molecule has 2 heterocycles. The maximum absolute atomic E-state index is 9.87. The van der Waals surface area contributed by atoms with Crippen molar-refractivity contribution in [3.63, 3.8) is 0 Å². The summed E-state index contributed by atoms with van der Waals surface area (Å²) in [5.74, 6) is 1.25. The number of fused-ring (bicyclic) bond motifs is 1. The molecule has 1 aromatic heterocycles. The summed E-state index contributed by atoms with van der Waals surface area (Å²) in [6.45, 7) is 4.84. The number of halogens is 1. The summed E-state index contributed by atoms with van der Waals surface area (Å²) in [6, 6.07) is 15.4. The predicted octanol–water partition coefficient (Wildman–Crippen LogP) is 5.21. The second-order valence-corrected chi connectivity index (χ2v) is 8.09. The minimum atomic E-state index is -0.413. The van der Waals surface area contributed by atoms with E-state index in [4.69, 9.17) is 31.5 Å². The first kappa shape index (κ1) is 22.6. The van der Waals surface area contributed by atoms with Crippen LogP contribution in [0.2, 0.25) is 5.02 Å². The molecule has 0 unspecified atom stereocenters. The first-order valence-electron chi connectivity index (χ1n) is 10.8. The average molecular weight is 465 g/mol. The van der Waals surface area contributed by atoms with Crippen LogP contribution in [-0.2, 0) is 13.0 Å². The van der Waals surface area contributed by atoms with Gasteiger partial charge in [-0.2, -0.15) is 5.26 Å².